The van der Waals surface area contributed by atoms with Gasteiger partial charge in [-0.2, -0.15) is 0 Å². The molecule has 0 radical (unpaired) electrons. The normalized spacial score (nSPS) is 12.1. The summed E-state index contributed by atoms with van der Waals surface area (Å²) < 4.78 is 0. The van der Waals surface area contributed by atoms with E-state index in [4.69, 9.17) is 10.8 Å². The highest BCUT2D eigenvalue weighted by molar-refractivity contribution is 5.75. The van der Waals surface area contributed by atoms with Gasteiger partial charge in [-0.25, -0.2) is 0 Å². The van der Waals surface area contributed by atoms with Crippen LogP contribution in [0.5, 0.6) is 0 Å². The zero-order valence-electron chi connectivity index (χ0n) is 10.6. The van der Waals surface area contributed by atoms with Gasteiger partial charge in [-0.3, -0.25) is 9.59 Å². The summed E-state index contributed by atoms with van der Waals surface area (Å²) >= 11 is 0. The molecule has 0 aromatic heterocycles. The van der Waals surface area contributed by atoms with Gasteiger partial charge in [0.15, 0.2) is 0 Å². The highest BCUT2D eigenvalue weighted by Gasteiger charge is 2.09. The number of hydrogen-bond donors (Lipinski definition) is 3. The van der Waals surface area contributed by atoms with E-state index in [1.807, 2.05) is 0 Å². The van der Waals surface area contributed by atoms with Crippen LogP contribution in [-0.4, -0.2) is 30.1 Å². The first-order chi connectivity index (χ1) is 8.07. The summed E-state index contributed by atoms with van der Waals surface area (Å²) in [6.07, 6.45) is 4.66. The third-order valence-corrected chi connectivity index (χ3v) is 2.67. The van der Waals surface area contributed by atoms with E-state index in [1.165, 1.54) is 0 Å². The number of nitrogens with one attached hydrogen (secondary N) is 1. The molecule has 17 heavy (non-hydrogen) atoms. The third kappa shape index (κ3) is 9.81. The smallest absolute Gasteiger partial charge is 0.306 e. The molecule has 0 fully saturated rings. The Morgan fingerprint density at radius 1 is 1.24 bits per heavy atom. The summed E-state index contributed by atoms with van der Waals surface area (Å²) in [5.74, 6) is -1.07. The number of nitrogens with two attached hydrogens (primary N) is 1. The number of amides is 1. The molecule has 1 atom stereocenters. The number of hydrogen-bond acceptors (Lipinski definition) is 3. The summed E-state index contributed by atoms with van der Waals surface area (Å²) in [4.78, 5) is 21.9. The third-order valence-electron chi connectivity index (χ3n) is 2.67. The molecule has 0 rings (SSSR count). The van der Waals surface area contributed by atoms with Crippen LogP contribution in [0, 0.1) is 5.92 Å². The molecule has 0 aromatic carbocycles. The summed E-state index contributed by atoms with van der Waals surface area (Å²) in [5, 5.41) is 11.5. The predicted octanol–water partition coefficient (Wildman–Crippen LogP) is 1.12. The Labute approximate surface area is 103 Å². The molecule has 0 aliphatic rings. The Balaban J connectivity index is 3.36. The van der Waals surface area contributed by atoms with E-state index < -0.39 is 5.97 Å². The predicted molar refractivity (Wildman–Crippen MR) is 66.6 cm³/mol. The molecule has 0 saturated heterocycles. The van der Waals surface area contributed by atoms with Crippen molar-refractivity contribution in [3.63, 3.8) is 0 Å². The van der Waals surface area contributed by atoms with Crippen LogP contribution in [0.25, 0.3) is 0 Å². The van der Waals surface area contributed by atoms with Crippen molar-refractivity contribution in [3.05, 3.63) is 0 Å². The van der Waals surface area contributed by atoms with Crippen LogP contribution in [0.15, 0.2) is 0 Å². The van der Waals surface area contributed by atoms with Gasteiger partial charge < -0.3 is 16.2 Å². The maximum atomic E-state index is 11.3. The number of rotatable bonds is 10. The lowest BCUT2D eigenvalue weighted by Gasteiger charge is -2.07. The van der Waals surface area contributed by atoms with Crippen LogP contribution >= 0.6 is 0 Å². The van der Waals surface area contributed by atoms with Crippen molar-refractivity contribution < 1.29 is 14.7 Å². The summed E-state index contributed by atoms with van der Waals surface area (Å²) in [7, 11) is 0. The van der Waals surface area contributed by atoms with E-state index >= 15 is 0 Å². The van der Waals surface area contributed by atoms with Gasteiger partial charge in [0.05, 0.1) is 5.92 Å². The number of carboxylic acid groups (broad SMARTS) is 1. The van der Waals surface area contributed by atoms with E-state index in [0.717, 1.165) is 19.3 Å². The molecule has 1 amide bonds. The fraction of sp³-hybridized carbons (Fsp3) is 0.833. The lowest BCUT2D eigenvalue weighted by molar-refractivity contribution is -0.141. The lowest BCUT2D eigenvalue weighted by Crippen LogP contribution is -2.24. The zero-order valence-corrected chi connectivity index (χ0v) is 10.6. The van der Waals surface area contributed by atoms with Crippen LogP contribution in [-0.2, 0) is 9.59 Å². The molecule has 0 bridgehead atoms. The van der Waals surface area contributed by atoms with Gasteiger partial charge in [0.1, 0.15) is 0 Å². The van der Waals surface area contributed by atoms with E-state index in [0.29, 0.717) is 32.4 Å². The van der Waals surface area contributed by atoms with Crippen molar-refractivity contribution in [2.45, 2.75) is 45.4 Å². The monoisotopic (exact) mass is 244 g/mol. The number of carbonyl (C=O) groups excluding carboxylic acids is 1. The molecular weight excluding hydrogens is 220 g/mol. The summed E-state index contributed by atoms with van der Waals surface area (Å²) in [6, 6.07) is 0. The van der Waals surface area contributed by atoms with Gasteiger partial charge in [0, 0.05) is 13.0 Å². The van der Waals surface area contributed by atoms with Gasteiger partial charge in [-0.15, -0.1) is 0 Å². The summed E-state index contributed by atoms with van der Waals surface area (Å²) in [6.45, 7) is 2.92. The molecule has 5 nitrogen and oxygen atoms in total. The Hall–Kier alpha value is -1.10. The Kier molecular flexibility index (Phi) is 9.43. The Morgan fingerprint density at radius 2 is 1.94 bits per heavy atom. The van der Waals surface area contributed by atoms with Crippen LogP contribution in [0.3, 0.4) is 0 Å². The van der Waals surface area contributed by atoms with E-state index in [2.05, 4.69) is 5.32 Å². The van der Waals surface area contributed by atoms with Crippen molar-refractivity contribution in [2.75, 3.05) is 13.1 Å². The first kappa shape index (κ1) is 15.9. The highest BCUT2D eigenvalue weighted by Crippen LogP contribution is 2.04. The second-order valence-corrected chi connectivity index (χ2v) is 4.33. The average molecular weight is 244 g/mol. The standard InChI is InChI=1S/C12H24N2O3/c1-10(12(16)17)6-5-9-14-11(15)7-3-2-4-8-13/h10H,2-9,13H2,1H3,(H,14,15)(H,16,17). The van der Waals surface area contributed by atoms with Crippen LogP contribution in [0.4, 0.5) is 0 Å². The van der Waals surface area contributed by atoms with Gasteiger partial charge >= 0.3 is 5.97 Å². The molecular formula is C12H24N2O3. The maximum Gasteiger partial charge on any atom is 0.306 e. The van der Waals surface area contributed by atoms with Crippen LogP contribution < -0.4 is 11.1 Å². The molecule has 100 valence electrons. The molecule has 0 aromatic rings. The molecule has 5 heteroatoms. The topological polar surface area (TPSA) is 92.4 Å². The lowest BCUT2D eigenvalue weighted by atomic mass is 10.1. The van der Waals surface area contributed by atoms with Gasteiger partial charge in [0.2, 0.25) is 5.91 Å². The average Bonchev–Trinajstić information content (AvgIpc) is 2.29. The zero-order chi connectivity index (χ0) is 13.1. The minimum absolute atomic E-state index is 0.0463. The molecule has 4 N–H and O–H groups in total. The molecule has 0 heterocycles. The van der Waals surface area contributed by atoms with Gasteiger partial charge in [-0.1, -0.05) is 13.3 Å². The fourth-order valence-corrected chi connectivity index (χ4v) is 1.45. The quantitative estimate of drug-likeness (QED) is 0.502. The van der Waals surface area contributed by atoms with E-state index in [9.17, 15) is 9.59 Å². The van der Waals surface area contributed by atoms with Crippen molar-refractivity contribution in [2.24, 2.45) is 11.7 Å². The highest BCUT2D eigenvalue weighted by atomic mass is 16.4. The van der Waals surface area contributed by atoms with Crippen LogP contribution in [0.2, 0.25) is 0 Å². The molecule has 0 aliphatic heterocycles. The van der Waals surface area contributed by atoms with Crippen molar-refractivity contribution in [1.82, 2.24) is 5.32 Å². The van der Waals surface area contributed by atoms with E-state index in [1.54, 1.807) is 6.92 Å². The number of carboxylic acids is 1. The van der Waals surface area contributed by atoms with Gasteiger partial charge in [-0.05, 0) is 32.2 Å². The number of carbonyl (C=O) groups is 2. The first-order valence-electron chi connectivity index (χ1n) is 6.27. The Bertz CT molecular complexity index is 232. The Morgan fingerprint density at radius 3 is 2.53 bits per heavy atom. The first-order valence-corrected chi connectivity index (χ1v) is 6.27. The summed E-state index contributed by atoms with van der Waals surface area (Å²) in [5.41, 5.74) is 5.35. The molecule has 1 unspecified atom stereocenters. The second-order valence-electron chi connectivity index (χ2n) is 4.33. The fourth-order valence-electron chi connectivity index (χ4n) is 1.45. The minimum atomic E-state index is -0.780. The van der Waals surface area contributed by atoms with Gasteiger partial charge in [0.25, 0.3) is 0 Å². The number of aliphatic carboxylic acids is 1. The van der Waals surface area contributed by atoms with Crippen molar-refractivity contribution >= 4 is 11.9 Å². The molecule has 0 spiro atoms. The maximum absolute atomic E-state index is 11.3. The minimum Gasteiger partial charge on any atom is -0.481 e. The largest absolute Gasteiger partial charge is 0.481 e. The molecule has 0 aliphatic carbocycles. The van der Waals surface area contributed by atoms with Crippen molar-refractivity contribution in [3.8, 4) is 0 Å². The van der Waals surface area contributed by atoms with Crippen LogP contribution in [0.1, 0.15) is 45.4 Å². The molecule has 0 saturated carbocycles. The second kappa shape index (κ2) is 10.1. The number of unbranched alkanes of at least 4 members (excludes halogenated alkanes) is 2. The van der Waals surface area contributed by atoms with E-state index in [-0.39, 0.29) is 11.8 Å². The SMILES string of the molecule is CC(CCCNC(=O)CCCCCN)C(=O)O. The van der Waals surface area contributed by atoms with Crippen molar-refractivity contribution in [1.29, 1.82) is 0 Å².